The standard InChI is InChI=1S/C10H12ClNO/c1-12(2)7-10(13)8-3-5-9(11)6-4-8/h3-6H,7H2,1-2H3. The summed E-state index contributed by atoms with van der Waals surface area (Å²) in [7, 11) is 3.74. The van der Waals surface area contributed by atoms with Crippen LogP contribution in [0.3, 0.4) is 0 Å². The van der Waals surface area contributed by atoms with Crippen molar-refractivity contribution in [2.45, 2.75) is 0 Å². The Morgan fingerprint density at radius 1 is 1.31 bits per heavy atom. The van der Waals surface area contributed by atoms with E-state index in [2.05, 4.69) is 0 Å². The molecule has 2 nitrogen and oxygen atoms in total. The van der Waals surface area contributed by atoms with Crippen LogP contribution in [0.1, 0.15) is 10.4 Å². The van der Waals surface area contributed by atoms with Crippen LogP contribution in [0.4, 0.5) is 0 Å². The molecular weight excluding hydrogens is 186 g/mol. The summed E-state index contributed by atoms with van der Waals surface area (Å²) in [6.07, 6.45) is 0. The number of carbonyl (C=O) groups is 1. The van der Waals surface area contributed by atoms with Gasteiger partial charge in [-0.2, -0.15) is 0 Å². The number of halogens is 1. The average Bonchev–Trinajstić information content (AvgIpc) is 2.04. The quantitative estimate of drug-likeness (QED) is 0.692. The van der Waals surface area contributed by atoms with Crippen molar-refractivity contribution in [3.8, 4) is 0 Å². The minimum Gasteiger partial charge on any atom is -0.302 e. The molecule has 0 atom stereocenters. The van der Waals surface area contributed by atoms with Gasteiger partial charge < -0.3 is 4.90 Å². The molecule has 0 aliphatic carbocycles. The van der Waals surface area contributed by atoms with E-state index >= 15 is 0 Å². The van der Waals surface area contributed by atoms with Gasteiger partial charge in [-0.15, -0.1) is 0 Å². The molecule has 70 valence electrons. The van der Waals surface area contributed by atoms with E-state index in [1.165, 1.54) is 0 Å². The molecule has 0 amide bonds. The molecule has 0 aliphatic rings. The largest absolute Gasteiger partial charge is 0.302 e. The fourth-order valence-corrected chi connectivity index (χ4v) is 1.14. The molecule has 0 heterocycles. The van der Waals surface area contributed by atoms with Crippen molar-refractivity contribution in [3.63, 3.8) is 0 Å². The number of likely N-dealkylation sites (N-methyl/N-ethyl adjacent to an activating group) is 1. The van der Waals surface area contributed by atoms with Crippen molar-refractivity contribution in [2.75, 3.05) is 20.6 Å². The lowest BCUT2D eigenvalue weighted by Gasteiger charge is -2.07. The van der Waals surface area contributed by atoms with E-state index in [1.807, 2.05) is 19.0 Å². The summed E-state index contributed by atoms with van der Waals surface area (Å²) < 4.78 is 0. The summed E-state index contributed by atoms with van der Waals surface area (Å²) in [5.41, 5.74) is 0.707. The number of rotatable bonds is 3. The Balaban J connectivity index is 2.72. The van der Waals surface area contributed by atoms with Crippen LogP contribution in [0.25, 0.3) is 0 Å². The first kappa shape index (κ1) is 10.2. The van der Waals surface area contributed by atoms with Gasteiger partial charge in [-0.1, -0.05) is 11.6 Å². The van der Waals surface area contributed by atoms with Crippen molar-refractivity contribution >= 4 is 17.4 Å². The molecule has 0 fully saturated rings. The van der Waals surface area contributed by atoms with Gasteiger partial charge in [-0.25, -0.2) is 0 Å². The lowest BCUT2D eigenvalue weighted by molar-refractivity contribution is 0.0958. The lowest BCUT2D eigenvalue weighted by Crippen LogP contribution is -2.21. The minimum absolute atomic E-state index is 0.113. The molecule has 0 radical (unpaired) electrons. The van der Waals surface area contributed by atoms with Crippen LogP contribution >= 0.6 is 11.6 Å². The van der Waals surface area contributed by atoms with Crippen LogP contribution in [0, 0.1) is 0 Å². The predicted molar refractivity (Wildman–Crippen MR) is 54.3 cm³/mol. The van der Waals surface area contributed by atoms with E-state index in [0.29, 0.717) is 17.1 Å². The van der Waals surface area contributed by atoms with E-state index in [9.17, 15) is 4.79 Å². The number of ketones is 1. The minimum atomic E-state index is 0.113. The molecule has 0 aliphatic heterocycles. The van der Waals surface area contributed by atoms with Gasteiger partial charge in [0.05, 0.1) is 6.54 Å². The highest BCUT2D eigenvalue weighted by molar-refractivity contribution is 6.30. The Morgan fingerprint density at radius 2 is 1.85 bits per heavy atom. The monoisotopic (exact) mass is 197 g/mol. The number of benzene rings is 1. The molecule has 0 saturated heterocycles. The summed E-state index contributed by atoms with van der Waals surface area (Å²) in [6.45, 7) is 0.432. The van der Waals surface area contributed by atoms with Crippen molar-refractivity contribution in [1.29, 1.82) is 0 Å². The van der Waals surface area contributed by atoms with Crippen molar-refractivity contribution in [1.82, 2.24) is 4.90 Å². The first-order valence-electron chi connectivity index (χ1n) is 4.03. The summed E-state index contributed by atoms with van der Waals surface area (Å²) in [4.78, 5) is 13.3. The van der Waals surface area contributed by atoms with E-state index in [1.54, 1.807) is 24.3 Å². The van der Waals surface area contributed by atoms with Crippen LogP contribution < -0.4 is 0 Å². The molecule has 0 bridgehead atoms. The molecule has 0 aromatic heterocycles. The van der Waals surface area contributed by atoms with Crippen LogP contribution in [-0.2, 0) is 0 Å². The normalized spacial score (nSPS) is 10.5. The number of carbonyl (C=O) groups excluding carboxylic acids is 1. The van der Waals surface area contributed by atoms with Gasteiger partial charge in [-0.3, -0.25) is 4.79 Å². The van der Waals surface area contributed by atoms with Gasteiger partial charge in [0.2, 0.25) is 0 Å². The average molecular weight is 198 g/mol. The van der Waals surface area contributed by atoms with E-state index in [0.717, 1.165) is 0 Å². The van der Waals surface area contributed by atoms with Gasteiger partial charge in [0, 0.05) is 10.6 Å². The zero-order valence-corrected chi connectivity index (χ0v) is 8.51. The molecule has 3 heteroatoms. The van der Waals surface area contributed by atoms with Gasteiger partial charge in [0.15, 0.2) is 5.78 Å². The van der Waals surface area contributed by atoms with Crippen molar-refractivity contribution in [2.24, 2.45) is 0 Å². The second-order valence-corrected chi connectivity index (χ2v) is 3.60. The lowest BCUT2D eigenvalue weighted by atomic mass is 10.1. The predicted octanol–water partition coefficient (Wildman–Crippen LogP) is 2.08. The van der Waals surface area contributed by atoms with Gasteiger partial charge in [0.1, 0.15) is 0 Å². The van der Waals surface area contributed by atoms with E-state index in [4.69, 9.17) is 11.6 Å². The van der Waals surface area contributed by atoms with Gasteiger partial charge >= 0.3 is 0 Å². The molecule has 0 saturated carbocycles. The molecule has 0 N–H and O–H groups in total. The summed E-state index contributed by atoms with van der Waals surface area (Å²) >= 11 is 5.70. The second kappa shape index (κ2) is 4.40. The molecule has 1 aromatic rings. The molecular formula is C10H12ClNO. The van der Waals surface area contributed by atoms with Crippen molar-refractivity contribution in [3.05, 3.63) is 34.9 Å². The summed E-state index contributed by atoms with van der Waals surface area (Å²) in [5.74, 6) is 0.113. The maximum absolute atomic E-state index is 11.5. The van der Waals surface area contributed by atoms with E-state index < -0.39 is 0 Å². The molecule has 1 aromatic carbocycles. The van der Waals surface area contributed by atoms with E-state index in [-0.39, 0.29) is 5.78 Å². The Morgan fingerprint density at radius 3 is 2.31 bits per heavy atom. The van der Waals surface area contributed by atoms with Crippen LogP contribution in [-0.4, -0.2) is 31.3 Å². The Hall–Kier alpha value is -0.860. The summed E-state index contributed by atoms with van der Waals surface area (Å²) in [6, 6.07) is 6.94. The molecule has 0 unspecified atom stereocenters. The third-order valence-corrected chi connectivity index (χ3v) is 1.88. The zero-order chi connectivity index (χ0) is 9.84. The maximum atomic E-state index is 11.5. The fraction of sp³-hybridized carbons (Fsp3) is 0.300. The first-order valence-corrected chi connectivity index (χ1v) is 4.41. The zero-order valence-electron chi connectivity index (χ0n) is 7.75. The number of nitrogens with zero attached hydrogens (tertiary/aromatic N) is 1. The topological polar surface area (TPSA) is 20.3 Å². The van der Waals surface area contributed by atoms with Gasteiger partial charge in [-0.05, 0) is 38.4 Å². The fourth-order valence-electron chi connectivity index (χ4n) is 1.01. The molecule has 1 rings (SSSR count). The number of hydrogen-bond donors (Lipinski definition) is 0. The summed E-state index contributed by atoms with van der Waals surface area (Å²) in [5, 5.41) is 0.654. The van der Waals surface area contributed by atoms with Crippen molar-refractivity contribution < 1.29 is 4.79 Å². The number of hydrogen-bond acceptors (Lipinski definition) is 2. The smallest absolute Gasteiger partial charge is 0.176 e. The molecule has 0 spiro atoms. The Kier molecular flexibility index (Phi) is 3.46. The third kappa shape index (κ3) is 3.17. The van der Waals surface area contributed by atoms with Crippen LogP contribution in [0.15, 0.2) is 24.3 Å². The highest BCUT2D eigenvalue weighted by Gasteiger charge is 2.05. The Labute approximate surface area is 83.1 Å². The first-order chi connectivity index (χ1) is 6.09. The van der Waals surface area contributed by atoms with Crippen LogP contribution in [0.2, 0.25) is 5.02 Å². The van der Waals surface area contributed by atoms with Crippen LogP contribution in [0.5, 0.6) is 0 Å². The van der Waals surface area contributed by atoms with Gasteiger partial charge in [0.25, 0.3) is 0 Å². The highest BCUT2D eigenvalue weighted by Crippen LogP contribution is 2.09. The third-order valence-electron chi connectivity index (χ3n) is 1.63. The highest BCUT2D eigenvalue weighted by atomic mass is 35.5. The second-order valence-electron chi connectivity index (χ2n) is 3.17. The molecule has 13 heavy (non-hydrogen) atoms. The maximum Gasteiger partial charge on any atom is 0.176 e. The Bertz CT molecular complexity index is 292. The number of Topliss-reactive ketones (excluding diaryl/α,β-unsaturated/α-hetero) is 1. The SMILES string of the molecule is CN(C)CC(=O)c1ccc(Cl)cc1.